The maximum absolute atomic E-state index is 12.4. The van der Waals surface area contributed by atoms with Crippen molar-refractivity contribution in [2.75, 3.05) is 7.11 Å². The topological polar surface area (TPSA) is 110 Å². The first kappa shape index (κ1) is 20.5. The number of hydrogen-bond donors (Lipinski definition) is 1. The monoisotopic (exact) mass is 395 g/mol. The Morgan fingerprint density at radius 2 is 2.00 bits per heavy atom. The summed E-state index contributed by atoms with van der Waals surface area (Å²) in [4.78, 5) is 16.6. The maximum Gasteiger partial charge on any atom is 0.273 e. The van der Waals surface area contributed by atoms with Gasteiger partial charge in [0.05, 0.1) is 25.0 Å². The lowest BCUT2D eigenvalue weighted by atomic mass is 9.93. The Hall–Kier alpha value is -3.21. The van der Waals surface area contributed by atoms with Crippen molar-refractivity contribution >= 4 is 5.91 Å². The van der Waals surface area contributed by atoms with Crippen molar-refractivity contribution in [3.63, 3.8) is 0 Å². The molecule has 152 valence electrons. The van der Waals surface area contributed by atoms with Gasteiger partial charge < -0.3 is 14.8 Å². The number of rotatable bonds is 6. The minimum atomic E-state index is -0.249. The van der Waals surface area contributed by atoms with E-state index >= 15 is 0 Å². The molecule has 8 nitrogen and oxygen atoms in total. The van der Waals surface area contributed by atoms with Crippen LogP contribution >= 0.6 is 0 Å². The summed E-state index contributed by atoms with van der Waals surface area (Å²) < 4.78 is 11.3. The van der Waals surface area contributed by atoms with Crippen LogP contribution in [0, 0.1) is 11.3 Å². The van der Waals surface area contributed by atoms with Gasteiger partial charge in [0.2, 0.25) is 0 Å². The van der Waals surface area contributed by atoms with E-state index in [1.165, 1.54) is 13.3 Å². The van der Waals surface area contributed by atoms with Gasteiger partial charge >= 0.3 is 0 Å². The maximum atomic E-state index is 12.4. The third kappa shape index (κ3) is 5.19. The van der Waals surface area contributed by atoms with E-state index in [1.54, 1.807) is 18.2 Å². The number of nitrogens with zero attached hydrogens (tertiary/aromatic N) is 4. The van der Waals surface area contributed by atoms with Crippen LogP contribution in [0.1, 0.15) is 67.3 Å². The molecule has 0 spiro atoms. The summed E-state index contributed by atoms with van der Waals surface area (Å²) >= 11 is 0. The number of methoxy groups -OCH3 is 1. The number of aromatic nitrogens is 3. The lowest BCUT2D eigenvalue weighted by Gasteiger charge is -2.29. The number of benzene rings is 1. The molecule has 0 aliphatic heterocycles. The minimum absolute atomic E-state index is 0.0626. The van der Waals surface area contributed by atoms with Crippen LogP contribution < -0.4 is 14.8 Å². The number of carbonyl (C=O) groups is 1. The molecule has 1 aliphatic rings. The molecule has 3 rings (SSSR count). The Kier molecular flexibility index (Phi) is 6.60. The highest BCUT2D eigenvalue weighted by molar-refractivity contribution is 5.91. The molecular formula is C21H25N5O3. The first-order valence-electron chi connectivity index (χ1n) is 9.75. The lowest BCUT2D eigenvalue weighted by molar-refractivity contribution is 0.0887. The van der Waals surface area contributed by atoms with Gasteiger partial charge in [0, 0.05) is 18.0 Å². The van der Waals surface area contributed by atoms with E-state index in [0.29, 0.717) is 22.9 Å². The van der Waals surface area contributed by atoms with Crippen molar-refractivity contribution in [2.45, 2.75) is 57.6 Å². The first-order valence-corrected chi connectivity index (χ1v) is 9.75. The van der Waals surface area contributed by atoms with Gasteiger partial charge in [-0.1, -0.05) is 13.8 Å². The molecular weight excluding hydrogens is 370 g/mol. The zero-order chi connectivity index (χ0) is 20.8. The molecule has 1 aliphatic carbocycles. The van der Waals surface area contributed by atoms with Crippen molar-refractivity contribution in [1.82, 2.24) is 20.5 Å². The third-order valence-electron chi connectivity index (χ3n) is 4.93. The third-order valence-corrected chi connectivity index (χ3v) is 4.93. The van der Waals surface area contributed by atoms with E-state index in [1.807, 2.05) is 13.8 Å². The average molecular weight is 395 g/mol. The Labute approximate surface area is 170 Å². The molecule has 0 atom stereocenters. The molecule has 0 radical (unpaired) electrons. The molecule has 1 aromatic carbocycles. The van der Waals surface area contributed by atoms with Gasteiger partial charge in [-0.2, -0.15) is 5.26 Å². The summed E-state index contributed by atoms with van der Waals surface area (Å²) in [6.07, 6.45) is 4.81. The number of nitriles is 1. The molecule has 0 unspecified atom stereocenters. The average Bonchev–Trinajstić information content (AvgIpc) is 2.75. The fraction of sp³-hybridized carbons (Fsp3) is 0.476. The highest BCUT2D eigenvalue weighted by atomic mass is 16.5. The molecule has 1 aromatic heterocycles. The van der Waals surface area contributed by atoms with Gasteiger partial charge in [0.25, 0.3) is 5.91 Å². The van der Waals surface area contributed by atoms with Gasteiger partial charge in [-0.3, -0.25) is 4.79 Å². The number of nitrogens with one attached hydrogen (secondary N) is 1. The summed E-state index contributed by atoms with van der Waals surface area (Å²) in [5, 5.41) is 20.1. The normalized spacial score (nSPS) is 18.7. The summed E-state index contributed by atoms with van der Waals surface area (Å²) in [7, 11) is 1.53. The highest BCUT2D eigenvalue weighted by Crippen LogP contribution is 2.28. The molecule has 0 saturated heterocycles. The fourth-order valence-corrected chi connectivity index (χ4v) is 3.27. The van der Waals surface area contributed by atoms with Gasteiger partial charge in [-0.25, -0.2) is 4.98 Å². The first-order chi connectivity index (χ1) is 14.0. The van der Waals surface area contributed by atoms with Crippen molar-refractivity contribution < 1.29 is 14.3 Å². The second-order valence-electron chi connectivity index (χ2n) is 7.40. The number of carbonyl (C=O) groups excluding carboxylic acids is 1. The summed E-state index contributed by atoms with van der Waals surface area (Å²) in [6.45, 7) is 3.95. The van der Waals surface area contributed by atoms with Gasteiger partial charge in [-0.15, -0.1) is 10.2 Å². The molecule has 29 heavy (non-hydrogen) atoms. The van der Waals surface area contributed by atoms with Crippen LogP contribution in [0.15, 0.2) is 24.4 Å². The molecule has 2 aromatic rings. The standard InChI is InChI=1S/C21H25N5O3/c1-13(2)20-23-12-18(25-26-20)21(27)24-15-5-8-16(9-6-15)29-17-7-4-14(11-22)19(10-17)28-3/h4,7,10,12-13,15-16H,5-6,8-9H2,1-3H3,(H,24,27). The number of hydrogen-bond acceptors (Lipinski definition) is 7. The summed E-state index contributed by atoms with van der Waals surface area (Å²) in [6, 6.07) is 7.37. The minimum Gasteiger partial charge on any atom is -0.495 e. The summed E-state index contributed by atoms with van der Waals surface area (Å²) in [5.74, 6) is 1.73. The van der Waals surface area contributed by atoms with E-state index in [4.69, 9.17) is 14.7 Å². The van der Waals surface area contributed by atoms with Crippen LogP contribution in [0.4, 0.5) is 0 Å². The molecule has 1 N–H and O–H groups in total. The number of amides is 1. The van der Waals surface area contributed by atoms with Crippen LogP contribution in [-0.4, -0.2) is 40.3 Å². The predicted octanol–water partition coefficient (Wildman–Crippen LogP) is 3.00. The second-order valence-corrected chi connectivity index (χ2v) is 7.40. The van der Waals surface area contributed by atoms with Crippen LogP contribution in [-0.2, 0) is 0 Å². The fourth-order valence-electron chi connectivity index (χ4n) is 3.27. The highest BCUT2D eigenvalue weighted by Gasteiger charge is 2.25. The number of ether oxygens (including phenoxy) is 2. The molecule has 1 amide bonds. The van der Waals surface area contributed by atoms with E-state index in [9.17, 15) is 4.79 Å². The van der Waals surface area contributed by atoms with Crippen molar-refractivity contribution in [1.29, 1.82) is 5.26 Å². The van der Waals surface area contributed by atoms with E-state index < -0.39 is 0 Å². The quantitative estimate of drug-likeness (QED) is 0.800. The lowest BCUT2D eigenvalue weighted by Crippen LogP contribution is -2.40. The van der Waals surface area contributed by atoms with Crippen molar-refractivity contribution in [2.24, 2.45) is 0 Å². The molecule has 1 fully saturated rings. The second kappa shape index (κ2) is 9.32. The zero-order valence-corrected chi connectivity index (χ0v) is 16.9. The van der Waals surface area contributed by atoms with Gasteiger partial charge in [0.1, 0.15) is 17.6 Å². The van der Waals surface area contributed by atoms with E-state index in [-0.39, 0.29) is 29.7 Å². The smallest absolute Gasteiger partial charge is 0.273 e. The molecule has 0 bridgehead atoms. The van der Waals surface area contributed by atoms with Crippen LogP contribution in [0.5, 0.6) is 11.5 Å². The van der Waals surface area contributed by atoms with E-state index in [2.05, 4.69) is 26.6 Å². The largest absolute Gasteiger partial charge is 0.495 e. The van der Waals surface area contributed by atoms with Crippen molar-refractivity contribution in [3.05, 3.63) is 41.5 Å². The molecule has 1 saturated carbocycles. The Morgan fingerprint density at radius 3 is 2.59 bits per heavy atom. The van der Waals surface area contributed by atoms with Crippen LogP contribution in [0.2, 0.25) is 0 Å². The van der Waals surface area contributed by atoms with E-state index in [0.717, 1.165) is 25.7 Å². The predicted molar refractivity (Wildman–Crippen MR) is 106 cm³/mol. The molecule has 8 heteroatoms. The molecule has 1 heterocycles. The Balaban J connectivity index is 1.50. The Morgan fingerprint density at radius 1 is 1.24 bits per heavy atom. The van der Waals surface area contributed by atoms with Gasteiger partial charge in [0.15, 0.2) is 11.5 Å². The SMILES string of the molecule is COc1cc(OC2CCC(NC(=O)c3cnc(C(C)C)nn3)CC2)ccc1C#N. The summed E-state index contributed by atoms with van der Waals surface area (Å²) in [5.41, 5.74) is 0.711. The van der Waals surface area contributed by atoms with Crippen LogP contribution in [0.3, 0.4) is 0 Å². The van der Waals surface area contributed by atoms with Crippen LogP contribution in [0.25, 0.3) is 0 Å². The zero-order valence-electron chi connectivity index (χ0n) is 16.9. The van der Waals surface area contributed by atoms with Crippen molar-refractivity contribution in [3.8, 4) is 17.6 Å². The van der Waals surface area contributed by atoms with Gasteiger partial charge in [-0.05, 0) is 37.8 Å². The Bertz CT molecular complexity index is 884.